The van der Waals surface area contributed by atoms with Gasteiger partial charge in [-0.2, -0.15) is 0 Å². The minimum Gasteiger partial charge on any atom is -0.378 e. The van der Waals surface area contributed by atoms with Crippen LogP contribution in [0.15, 0.2) is 12.2 Å². The molecular formula is C15H24O2. The first kappa shape index (κ1) is 11.7. The highest BCUT2D eigenvalue weighted by molar-refractivity contribution is 5.15. The van der Waals surface area contributed by atoms with Crippen LogP contribution < -0.4 is 0 Å². The third-order valence-corrected chi connectivity index (χ3v) is 5.54. The zero-order chi connectivity index (χ0) is 11.9. The van der Waals surface area contributed by atoms with Crippen molar-refractivity contribution >= 4 is 0 Å². The highest BCUT2D eigenvalue weighted by atomic mass is 16.5. The number of methoxy groups -OCH3 is 2. The van der Waals surface area contributed by atoms with E-state index in [0.717, 1.165) is 17.8 Å². The van der Waals surface area contributed by atoms with Crippen molar-refractivity contribution in [1.29, 1.82) is 0 Å². The van der Waals surface area contributed by atoms with Crippen molar-refractivity contribution in [2.24, 2.45) is 17.8 Å². The summed E-state index contributed by atoms with van der Waals surface area (Å²) in [6.07, 6.45) is 12.7. The van der Waals surface area contributed by atoms with Crippen LogP contribution in [0.3, 0.4) is 0 Å². The van der Waals surface area contributed by atoms with E-state index in [1.54, 1.807) is 0 Å². The maximum absolute atomic E-state index is 6.01. The fourth-order valence-electron chi connectivity index (χ4n) is 4.96. The van der Waals surface area contributed by atoms with E-state index in [2.05, 4.69) is 12.2 Å². The summed E-state index contributed by atoms with van der Waals surface area (Å²) < 4.78 is 11.8. The first-order valence-electron chi connectivity index (χ1n) is 7.06. The topological polar surface area (TPSA) is 18.5 Å². The lowest BCUT2D eigenvalue weighted by molar-refractivity contribution is -0.117. The zero-order valence-electron chi connectivity index (χ0n) is 11.0. The maximum Gasteiger partial charge on any atom is 0.0972 e. The molecule has 0 aromatic rings. The molecule has 2 heteroatoms. The van der Waals surface area contributed by atoms with E-state index in [4.69, 9.17) is 9.47 Å². The highest BCUT2D eigenvalue weighted by Crippen LogP contribution is 2.60. The minimum absolute atomic E-state index is 0.0370. The molecule has 0 heterocycles. The lowest BCUT2D eigenvalue weighted by Gasteiger charge is -2.39. The fraction of sp³-hybridized carbons (Fsp3) is 0.867. The summed E-state index contributed by atoms with van der Waals surface area (Å²) in [5, 5.41) is 0. The maximum atomic E-state index is 6.01. The lowest BCUT2D eigenvalue weighted by Crippen LogP contribution is -2.44. The fourth-order valence-corrected chi connectivity index (χ4v) is 4.96. The molecule has 0 spiro atoms. The second kappa shape index (κ2) is 4.40. The van der Waals surface area contributed by atoms with E-state index in [-0.39, 0.29) is 5.60 Å². The Kier molecular flexibility index (Phi) is 3.04. The normalized spacial score (nSPS) is 48.8. The highest BCUT2D eigenvalue weighted by Gasteiger charge is 2.64. The molecule has 2 nitrogen and oxygen atoms in total. The molecule has 0 aromatic carbocycles. The van der Waals surface area contributed by atoms with Crippen molar-refractivity contribution in [2.75, 3.05) is 14.2 Å². The second-order valence-corrected chi connectivity index (χ2v) is 5.91. The summed E-state index contributed by atoms with van der Waals surface area (Å²) >= 11 is 0. The quantitative estimate of drug-likeness (QED) is 0.686. The van der Waals surface area contributed by atoms with E-state index >= 15 is 0 Å². The molecule has 0 saturated heterocycles. The summed E-state index contributed by atoms with van der Waals surface area (Å²) in [5.74, 6) is 2.30. The van der Waals surface area contributed by atoms with Gasteiger partial charge in [0, 0.05) is 14.2 Å². The predicted molar refractivity (Wildman–Crippen MR) is 67.8 cm³/mol. The molecule has 0 amide bonds. The molecule has 2 bridgehead atoms. The van der Waals surface area contributed by atoms with Gasteiger partial charge >= 0.3 is 0 Å². The van der Waals surface area contributed by atoms with Gasteiger partial charge in [-0.05, 0) is 56.3 Å². The summed E-state index contributed by atoms with van der Waals surface area (Å²) in [6.45, 7) is 0. The van der Waals surface area contributed by atoms with E-state index in [0.29, 0.717) is 6.10 Å². The predicted octanol–water partition coefficient (Wildman–Crippen LogP) is 3.17. The van der Waals surface area contributed by atoms with Crippen molar-refractivity contribution in [3.8, 4) is 0 Å². The third kappa shape index (κ3) is 1.53. The van der Waals surface area contributed by atoms with Crippen LogP contribution in [0.5, 0.6) is 0 Å². The van der Waals surface area contributed by atoms with Crippen molar-refractivity contribution in [3.63, 3.8) is 0 Å². The molecule has 3 aliphatic carbocycles. The minimum atomic E-state index is 0.0370. The van der Waals surface area contributed by atoms with E-state index in [1.165, 1.54) is 38.5 Å². The molecular weight excluding hydrogens is 212 g/mol. The Morgan fingerprint density at radius 3 is 2.47 bits per heavy atom. The van der Waals surface area contributed by atoms with E-state index < -0.39 is 0 Å². The molecule has 2 saturated carbocycles. The Bertz CT molecular complexity index is 312. The van der Waals surface area contributed by atoms with Crippen LogP contribution in [0.2, 0.25) is 0 Å². The molecule has 5 atom stereocenters. The van der Waals surface area contributed by atoms with Crippen LogP contribution >= 0.6 is 0 Å². The Morgan fingerprint density at radius 2 is 1.76 bits per heavy atom. The zero-order valence-corrected chi connectivity index (χ0v) is 11.0. The number of rotatable bonds is 2. The van der Waals surface area contributed by atoms with E-state index in [9.17, 15) is 0 Å². The molecule has 3 aliphatic rings. The molecule has 2 fully saturated rings. The summed E-state index contributed by atoms with van der Waals surface area (Å²) in [4.78, 5) is 0. The smallest absolute Gasteiger partial charge is 0.0972 e. The van der Waals surface area contributed by atoms with Crippen LogP contribution in [0, 0.1) is 17.8 Å². The van der Waals surface area contributed by atoms with Crippen molar-refractivity contribution in [3.05, 3.63) is 12.2 Å². The summed E-state index contributed by atoms with van der Waals surface area (Å²) in [7, 11) is 3.76. The van der Waals surface area contributed by atoms with Crippen LogP contribution in [0.4, 0.5) is 0 Å². The number of allylic oxidation sites excluding steroid dienone is 2. The Hall–Kier alpha value is -0.340. The first-order chi connectivity index (χ1) is 8.33. The average molecular weight is 236 g/mol. The number of hydrogen-bond donors (Lipinski definition) is 0. The summed E-state index contributed by atoms with van der Waals surface area (Å²) in [6, 6.07) is 0. The number of fused-ring (bicyclic) bond motifs is 5. The van der Waals surface area contributed by atoms with Crippen LogP contribution in [-0.4, -0.2) is 25.9 Å². The van der Waals surface area contributed by atoms with Crippen molar-refractivity contribution in [2.45, 2.75) is 50.2 Å². The van der Waals surface area contributed by atoms with Gasteiger partial charge in [0.15, 0.2) is 0 Å². The number of ether oxygens (including phenoxy) is 2. The van der Waals surface area contributed by atoms with Gasteiger partial charge in [0.25, 0.3) is 0 Å². The molecule has 0 aromatic heterocycles. The largest absolute Gasteiger partial charge is 0.378 e. The van der Waals surface area contributed by atoms with Crippen LogP contribution in [0.1, 0.15) is 38.5 Å². The molecule has 0 aliphatic heterocycles. The molecule has 5 unspecified atom stereocenters. The van der Waals surface area contributed by atoms with Gasteiger partial charge < -0.3 is 9.47 Å². The van der Waals surface area contributed by atoms with Gasteiger partial charge in [-0.3, -0.25) is 0 Å². The Morgan fingerprint density at radius 1 is 1.00 bits per heavy atom. The van der Waals surface area contributed by atoms with Crippen molar-refractivity contribution in [1.82, 2.24) is 0 Å². The molecule has 17 heavy (non-hydrogen) atoms. The van der Waals surface area contributed by atoms with Crippen LogP contribution in [-0.2, 0) is 9.47 Å². The van der Waals surface area contributed by atoms with Gasteiger partial charge in [0.05, 0.1) is 11.7 Å². The first-order valence-corrected chi connectivity index (χ1v) is 7.06. The Labute approximate surface area is 104 Å². The van der Waals surface area contributed by atoms with Crippen molar-refractivity contribution < 1.29 is 9.47 Å². The van der Waals surface area contributed by atoms with Gasteiger partial charge in [-0.15, -0.1) is 0 Å². The lowest BCUT2D eigenvalue weighted by atomic mass is 9.72. The third-order valence-electron chi connectivity index (χ3n) is 5.54. The van der Waals surface area contributed by atoms with Crippen LogP contribution in [0.25, 0.3) is 0 Å². The van der Waals surface area contributed by atoms with Gasteiger partial charge in [-0.1, -0.05) is 12.2 Å². The van der Waals surface area contributed by atoms with Gasteiger partial charge in [0.2, 0.25) is 0 Å². The molecule has 96 valence electrons. The molecule has 3 rings (SSSR count). The Balaban J connectivity index is 1.92. The molecule has 0 N–H and O–H groups in total. The van der Waals surface area contributed by atoms with E-state index in [1.807, 2.05) is 14.2 Å². The standard InChI is InChI=1S/C15H24O2/c1-16-14-12-9-10-15(14,17-2)13-8-6-4-3-5-7-11(12)13/h3-4,11-14H,5-10H2,1-2H3. The second-order valence-electron chi connectivity index (χ2n) is 5.91. The van der Waals surface area contributed by atoms with Gasteiger partial charge in [-0.25, -0.2) is 0 Å². The monoisotopic (exact) mass is 236 g/mol. The van der Waals surface area contributed by atoms with Gasteiger partial charge in [0.1, 0.15) is 0 Å². The average Bonchev–Trinajstić information content (AvgIpc) is 2.78. The number of hydrogen-bond acceptors (Lipinski definition) is 2. The molecule has 0 radical (unpaired) electrons. The SMILES string of the molecule is COC1C2CCC1(OC)C1CCC=CCCC21. The summed E-state index contributed by atoms with van der Waals surface area (Å²) in [5.41, 5.74) is 0.0370.